The van der Waals surface area contributed by atoms with Gasteiger partial charge in [0.15, 0.2) is 0 Å². The Hall–Kier alpha value is -0.750. The van der Waals surface area contributed by atoms with E-state index in [4.69, 9.17) is 5.11 Å². The highest BCUT2D eigenvalue weighted by Gasteiger charge is 2.22. The molecular formula is C11H20N2O3S. The molecule has 1 aliphatic rings. The Bertz CT molecular complexity index is 278. The molecule has 1 atom stereocenters. The Kier molecular flexibility index (Phi) is 5.77. The number of hydrogen-bond acceptors (Lipinski definition) is 4. The Morgan fingerprint density at radius 3 is 2.35 bits per heavy atom. The molecule has 0 spiro atoms. The zero-order valence-corrected chi connectivity index (χ0v) is 11.2. The van der Waals surface area contributed by atoms with Crippen LogP contribution in [0.1, 0.15) is 13.3 Å². The summed E-state index contributed by atoms with van der Waals surface area (Å²) in [6.45, 7) is 5.12. The number of carbonyl (C=O) groups is 2. The van der Waals surface area contributed by atoms with Crippen molar-refractivity contribution in [1.29, 1.82) is 0 Å². The van der Waals surface area contributed by atoms with E-state index in [1.807, 2.05) is 18.9 Å². The summed E-state index contributed by atoms with van der Waals surface area (Å²) in [4.78, 5) is 26.7. The van der Waals surface area contributed by atoms with Gasteiger partial charge >= 0.3 is 5.97 Å². The highest BCUT2D eigenvalue weighted by Crippen LogP contribution is 2.15. The van der Waals surface area contributed by atoms with Crippen LogP contribution in [0.25, 0.3) is 0 Å². The number of amides is 1. The number of thioether (sulfide) groups is 1. The topological polar surface area (TPSA) is 60.9 Å². The van der Waals surface area contributed by atoms with Gasteiger partial charge in [0, 0.05) is 26.2 Å². The smallest absolute Gasteiger partial charge is 0.316 e. The third kappa shape index (κ3) is 4.55. The normalized spacial score (nSPS) is 19.1. The van der Waals surface area contributed by atoms with Crippen molar-refractivity contribution in [3.05, 3.63) is 0 Å². The Labute approximate surface area is 106 Å². The predicted octanol–water partition coefficient (Wildman–Crippen LogP) is 0.357. The summed E-state index contributed by atoms with van der Waals surface area (Å²) in [6.07, 6.45) is 0.552. The largest absolute Gasteiger partial charge is 0.480 e. The lowest BCUT2D eigenvalue weighted by atomic mass is 10.3. The summed E-state index contributed by atoms with van der Waals surface area (Å²) in [5.74, 6) is -0.499. The van der Waals surface area contributed by atoms with Gasteiger partial charge in [0.1, 0.15) is 5.25 Å². The van der Waals surface area contributed by atoms with Crippen molar-refractivity contribution in [1.82, 2.24) is 9.80 Å². The number of carboxylic acids is 1. The van der Waals surface area contributed by atoms with E-state index in [1.54, 1.807) is 0 Å². The lowest BCUT2D eigenvalue weighted by Crippen LogP contribution is -2.47. The third-order valence-corrected chi connectivity index (χ3v) is 4.26. The molecule has 1 N–H and O–H groups in total. The first kappa shape index (κ1) is 14.3. The minimum Gasteiger partial charge on any atom is -0.480 e. The van der Waals surface area contributed by atoms with Gasteiger partial charge in [-0.25, -0.2) is 0 Å². The van der Waals surface area contributed by atoms with Gasteiger partial charge in [-0.2, -0.15) is 0 Å². The minimum absolute atomic E-state index is 0.0581. The molecule has 0 radical (unpaired) electrons. The summed E-state index contributed by atoms with van der Waals surface area (Å²) < 4.78 is 0. The van der Waals surface area contributed by atoms with Gasteiger partial charge in [0.25, 0.3) is 0 Å². The SMILES string of the molecule is CCC(SCC(=O)N1CCN(C)CC1)C(=O)O. The maximum atomic E-state index is 11.8. The number of carboxylic acid groups (broad SMARTS) is 1. The number of aliphatic carboxylic acids is 1. The molecule has 5 nitrogen and oxygen atoms in total. The van der Waals surface area contributed by atoms with Crippen LogP contribution in [-0.4, -0.2) is 71.0 Å². The van der Waals surface area contributed by atoms with Crippen molar-refractivity contribution in [2.24, 2.45) is 0 Å². The second-order valence-corrected chi connectivity index (χ2v) is 5.42. The van der Waals surface area contributed by atoms with Crippen molar-refractivity contribution in [2.75, 3.05) is 39.0 Å². The Morgan fingerprint density at radius 1 is 1.29 bits per heavy atom. The van der Waals surface area contributed by atoms with E-state index in [1.165, 1.54) is 11.8 Å². The average molecular weight is 260 g/mol. The van der Waals surface area contributed by atoms with E-state index in [-0.39, 0.29) is 11.7 Å². The molecule has 1 aliphatic heterocycles. The Balaban J connectivity index is 2.31. The van der Waals surface area contributed by atoms with Crippen LogP contribution in [0.15, 0.2) is 0 Å². The number of rotatable bonds is 5. The fourth-order valence-corrected chi connectivity index (χ4v) is 2.59. The van der Waals surface area contributed by atoms with Crippen LogP contribution < -0.4 is 0 Å². The third-order valence-electron chi connectivity index (χ3n) is 2.91. The number of piperazine rings is 1. The second kappa shape index (κ2) is 6.86. The molecule has 6 heteroatoms. The quantitative estimate of drug-likeness (QED) is 0.773. The van der Waals surface area contributed by atoms with Crippen LogP contribution in [0.4, 0.5) is 0 Å². The van der Waals surface area contributed by atoms with E-state index in [9.17, 15) is 9.59 Å². The molecule has 0 bridgehead atoms. The number of likely N-dealkylation sites (N-methyl/N-ethyl adjacent to an activating group) is 1. The first-order valence-corrected chi connectivity index (χ1v) is 6.90. The molecule has 0 aromatic heterocycles. The molecule has 1 saturated heterocycles. The number of hydrogen-bond donors (Lipinski definition) is 1. The summed E-state index contributed by atoms with van der Waals surface area (Å²) in [5.41, 5.74) is 0. The summed E-state index contributed by atoms with van der Waals surface area (Å²) in [7, 11) is 2.04. The average Bonchev–Trinajstić information content (AvgIpc) is 2.30. The highest BCUT2D eigenvalue weighted by molar-refractivity contribution is 8.01. The lowest BCUT2D eigenvalue weighted by Gasteiger charge is -2.32. The fourth-order valence-electron chi connectivity index (χ4n) is 1.68. The van der Waals surface area contributed by atoms with Crippen molar-refractivity contribution in [3.63, 3.8) is 0 Å². The fraction of sp³-hybridized carbons (Fsp3) is 0.818. The molecule has 1 fully saturated rings. The van der Waals surface area contributed by atoms with Crippen molar-refractivity contribution in [2.45, 2.75) is 18.6 Å². The maximum absolute atomic E-state index is 11.8. The van der Waals surface area contributed by atoms with Gasteiger partial charge < -0.3 is 14.9 Å². The van der Waals surface area contributed by atoms with Gasteiger partial charge in [-0.05, 0) is 13.5 Å². The second-order valence-electron chi connectivity index (χ2n) is 4.23. The maximum Gasteiger partial charge on any atom is 0.316 e. The molecule has 1 unspecified atom stereocenters. The molecule has 1 heterocycles. The molecule has 17 heavy (non-hydrogen) atoms. The zero-order chi connectivity index (χ0) is 12.8. The monoisotopic (exact) mass is 260 g/mol. The van der Waals surface area contributed by atoms with Crippen molar-refractivity contribution < 1.29 is 14.7 Å². The van der Waals surface area contributed by atoms with Crippen LogP contribution in [0.5, 0.6) is 0 Å². The van der Waals surface area contributed by atoms with E-state index in [0.29, 0.717) is 6.42 Å². The van der Waals surface area contributed by atoms with Crippen LogP contribution in [0.3, 0.4) is 0 Å². The van der Waals surface area contributed by atoms with E-state index >= 15 is 0 Å². The number of nitrogens with zero attached hydrogens (tertiary/aromatic N) is 2. The van der Waals surface area contributed by atoms with Gasteiger partial charge in [0.05, 0.1) is 5.75 Å². The molecule has 0 saturated carbocycles. The first-order chi connectivity index (χ1) is 8.04. The molecule has 1 amide bonds. The van der Waals surface area contributed by atoms with Crippen molar-refractivity contribution >= 4 is 23.6 Å². The molecule has 0 aromatic rings. The van der Waals surface area contributed by atoms with Crippen LogP contribution in [-0.2, 0) is 9.59 Å². The molecule has 98 valence electrons. The van der Waals surface area contributed by atoms with Gasteiger partial charge in [-0.3, -0.25) is 9.59 Å². The predicted molar refractivity (Wildman–Crippen MR) is 68.2 cm³/mol. The summed E-state index contributed by atoms with van der Waals surface area (Å²) in [5, 5.41) is 8.41. The van der Waals surface area contributed by atoms with E-state index in [0.717, 1.165) is 26.2 Å². The van der Waals surface area contributed by atoms with Crippen LogP contribution in [0, 0.1) is 0 Å². The molecule has 0 aromatic carbocycles. The first-order valence-electron chi connectivity index (χ1n) is 5.85. The number of carbonyl (C=O) groups excluding carboxylic acids is 1. The molecule has 1 rings (SSSR count). The van der Waals surface area contributed by atoms with E-state index < -0.39 is 11.2 Å². The van der Waals surface area contributed by atoms with Gasteiger partial charge in [0.2, 0.25) is 5.91 Å². The summed E-state index contributed by atoms with van der Waals surface area (Å²) >= 11 is 1.23. The zero-order valence-electron chi connectivity index (χ0n) is 10.4. The standard InChI is InChI=1S/C11H20N2O3S/c1-3-9(11(15)16)17-8-10(14)13-6-4-12(2)5-7-13/h9H,3-8H2,1-2H3,(H,15,16). The van der Waals surface area contributed by atoms with Crippen LogP contribution >= 0.6 is 11.8 Å². The highest BCUT2D eigenvalue weighted by atomic mass is 32.2. The van der Waals surface area contributed by atoms with E-state index in [2.05, 4.69) is 4.90 Å². The Morgan fingerprint density at radius 2 is 1.88 bits per heavy atom. The van der Waals surface area contributed by atoms with Gasteiger partial charge in [-0.15, -0.1) is 11.8 Å². The minimum atomic E-state index is -0.830. The summed E-state index contributed by atoms with van der Waals surface area (Å²) in [6, 6.07) is 0. The van der Waals surface area contributed by atoms with Crippen LogP contribution in [0.2, 0.25) is 0 Å². The van der Waals surface area contributed by atoms with Crippen molar-refractivity contribution in [3.8, 4) is 0 Å². The lowest BCUT2D eigenvalue weighted by molar-refractivity contribution is -0.136. The van der Waals surface area contributed by atoms with Gasteiger partial charge in [-0.1, -0.05) is 6.92 Å². The molecule has 0 aliphatic carbocycles. The molecular weight excluding hydrogens is 240 g/mol.